The van der Waals surface area contributed by atoms with Crippen molar-refractivity contribution in [3.63, 3.8) is 0 Å². The average molecular weight is 458 g/mol. The first-order chi connectivity index (χ1) is 15.5. The fraction of sp³-hybridized carbons (Fsp3) is 0.333. The van der Waals surface area contributed by atoms with Gasteiger partial charge in [-0.1, -0.05) is 64.1 Å². The molecule has 3 rings (SSSR count). The minimum absolute atomic E-state index is 0.107. The summed E-state index contributed by atoms with van der Waals surface area (Å²) >= 11 is 0. The summed E-state index contributed by atoms with van der Waals surface area (Å²) < 4.78 is 47.3. The lowest BCUT2D eigenvalue weighted by Gasteiger charge is -2.19. The van der Waals surface area contributed by atoms with Gasteiger partial charge in [0.25, 0.3) is 0 Å². The first-order valence-electron chi connectivity index (χ1n) is 11.0. The Bertz CT molecular complexity index is 1040. The lowest BCUT2D eigenvalue weighted by molar-refractivity contribution is -0.274. The number of ether oxygens (including phenoxy) is 2. The van der Waals surface area contributed by atoms with Gasteiger partial charge < -0.3 is 14.8 Å². The third-order valence-corrected chi connectivity index (χ3v) is 5.16. The molecule has 0 unspecified atom stereocenters. The Kier molecular flexibility index (Phi) is 7.57. The van der Waals surface area contributed by atoms with Gasteiger partial charge in [-0.05, 0) is 58.9 Å². The molecular formula is C27H30F3NO2. The molecule has 0 saturated heterocycles. The second-order valence-electron chi connectivity index (χ2n) is 8.93. The number of benzene rings is 3. The zero-order valence-corrected chi connectivity index (χ0v) is 19.4. The third kappa shape index (κ3) is 7.17. The van der Waals surface area contributed by atoms with Crippen molar-refractivity contribution in [2.45, 2.75) is 52.4 Å². The molecule has 0 aliphatic carbocycles. The minimum Gasteiger partial charge on any atom is -0.493 e. The smallest absolute Gasteiger partial charge is 0.493 e. The van der Waals surface area contributed by atoms with E-state index in [1.165, 1.54) is 17.7 Å². The molecule has 3 aromatic rings. The van der Waals surface area contributed by atoms with Crippen molar-refractivity contribution in [1.29, 1.82) is 0 Å². The molecule has 0 amide bonds. The van der Waals surface area contributed by atoms with E-state index >= 15 is 0 Å². The number of alkyl halides is 3. The molecule has 176 valence electrons. The Morgan fingerprint density at radius 1 is 0.848 bits per heavy atom. The van der Waals surface area contributed by atoms with Crippen LogP contribution in [-0.2, 0) is 12.0 Å². The van der Waals surface area contributed by atoms with E-state index in [0.29, 0.717) is 18.9 Å². The Morgan fingerprint density at radius 2 is 1.52 bits per heavy atom. The van der Waals surface area contributed by atoms with Crippen LogP contribution in [0, 0.1) is 0 Å². The molecule has 0 aromatic heterocycles. The predicted molar refractivity (Wildman–Crippen MR) is 127 cm³/mol. The Labute approximate surface area is 193 Å². The van der Waals surface area contributed by atoms with Gasteiger partial charge in [0.2, 0.25) is 0 Å². The Morgan fingerprint density at radius 3 is 2.09 bits per heavy atom. The normalized spacial score (nSPS) is 11.8. The van der Waals surface area contributed by atoms with E-state index < -0.39 is 6.36 Å². The lowest BCUT2D eigenvalue weighted by atomic mass is 9.87. The lowest BCUT2D eigenvalue weighted by Crippen LogP contribution is -2.16. The highest BCUT2D eigenvalue weighted by atomic mass is 19.4. The highest BCUT2D eigenvalue weighted by molar-refractivity contribution is 5.75. The SMILES string of the molecule is CCCOc1ccc(NCc2ccc(C(C)(C)C)cc2)cc1-c1ccc(OC(F)(F)F)cc1. The van der Waals surface area contributed by atoms with Crippen LogP contribution >= 0.6 is 0 Å². The van der Waals surface area contributed by atoms with Gasteiger partial charge in [0.15, 0.2) is 0 Å². The number of anilines is 1. The van der Waals surface area contributed by atoms with E-state index in [2.05, 4.69) is 55.1 Å². The standard InChI is InChI=1S/C27H30F3NO2/c1-5-16-32-25-15-12-22(31-18-19-6-10-21(11-7-19)26(2,3)4)17-24(25)20-8-13-23(14-9-20)33-27(28,29)30/h6-15,17,31H,5,16,18H2,1-4H3. The Hall–Kier alpha value is -3.15. The van der Waals surface area contributed by atoms with Crippen molar-refractivity contribution >= 4 is 5.69 Å². The summed E-state index contributed by atoms with van der Waals surface area (Å²) in [5.74, 6) is 0.427. The zero-order valence-electron chi connectivity index (χ0n) is 19.4. The van der Waals surface area contributed by atoms with E-state index in [1.54, 1.807) is 12.1 Å². The molecule has 33 heavy (non-hydrogen) atoms. The fourth-order valence-electron chi connectivity index (χ4n) is 3.37. The highest BCUT2D eigenvalue weighted by Gasteiger charge is 2.31. The van der Waals surface area contributed by atoms with Crippen LogP contribution in [0.25, 0.3) is 11.1 Å². The van der Waals surface area contributed by atoms with E-state index in [9.17, 15) is 13.2 Å². The Balaban J connectivity index is 1.79. The molecule has 0 aliphatic heterocycles. The van der Waals surface area contributed by atoms with Crippen LogP contribution in [0.3, 0.4) is 0 Å². The van der Waals surface area contributed by atoms with Crippen LogP contribution in [0.2, 0.25) is 0 Å². The summed E-state index contributed by atoms with van der Waals surface area (Å²) in [4.78, 5) is 0. The maximum atomic E-state index is 12.5. The van der Waals surface area contributed by atoms with Gasteiger partial charge in [0.05, 0.1) is 6.61 Å². The molecule has 1 N–H and O–H groups in total. The van der Waals surface area contributed by atoms with Crippen LogP contribution in [0.1, 0.15) is 45.2 Å². The molecule has 0 heterocycles. The summed E-state index contributed by atoms with van der Waals surface area (Å²) in [6, 6.07) is 20.1. The molecule has 0 aliphatic rings. The second kappa shape index (κ2) is 10.2. The molecule has 0 bridgehead atoms. The van der Waals surface area contributed by atoms with Gasteiger partial charge in [-0.3, -0.25) is 0 Å². The van der Waals surface area contributed by atoms with Crippen molar-refractivity contribution in [2.24, 2.45) is 0 Å². The van der Waals surface area contributed by atoms with Gasteiger partial charge in [-0.25, -0.2) is 0 Å². The molecule has 0 spiro atoms. The minimum atomic E-state index is -4.72. The van der Waals surface area contributed by atoms with Crippen LogP contribution in [0.15, 0.2) is 66.7 Å². The van der Waals surface area contributed by atoms with Gasteiger partial charge in [-0.2, -0.15) is 0 Å². The molecule has 0 fully saturated rings. The van der Waals surface area contributed by atoms with E-state index in [1.807, 2.05) is 25.1 Å². The van der Waals surface area contributed by atoms with Crippen LogP contribution in [0.5, 0.6) is 11.5 Å². The zero-order chi connectivity index (χ0) is 24.1. The highest BCUT2D eigenvalue weighted by Crippen LogP contribution is 2.35. The van der Waals surface area contributed by atoms with Crippen molar-refractivity contribution in [3.05, 3.63) is 77.9 Å². The average Bonchev–Trinajstić information content (AvgIpc) is 2.76. The van der Waals surface area contributed by atoms with E-state index in [0.717, 1.165) is 28.8 Å². The molecule has 6 heteroatoms. The van der Waals surface area contributed by atoms with E-state index in [-0.39, 0.29) is 11.2 Å². The fourth-order valence-corrected chi connectivity index (χ4v) is 3.37. The number of hydrogen-bond acceptors (Lipinski definition) is 3. The first kappa shape index (κ1) is 24.5. The van der Waals surface area contributed by atoms with Gasteiger partial charge >= 0.3 is 6.36 Å². The van der Waals surface area contributed by atoms with Gasteiger partial charge in [0, 0.05) is 17.8 Å². The molecule has 0 radical (unpaired) electrons. The van der Waals surface area contributed by atoms with Crippen molar-refractivity contribution in [1.82, 2.24) is 0 Å². The van der Waals surface area contributed by atoms with E-state index in [4.69, 9.17) is 4.74 Å². The maximum absolute atomic E-state index is 12.5. The van der Waals surface area contributed by atoms with Crippen LogP contribution < -0.4 is 14.8 Å². The number of hydrogen-bond donors (Lipinski definition) is 1. The quantitative estimate of drug-likeness (QED) is 0.372. The summed E-state index contributed by atoms with van der Waals surface area (Å²) in [6.45, 7) is 9.78. The number of rotatable bonds is 8. The second-order valence-corrected chi connectivity index (χ2v) is 8.93. The van der Waals surface area contributed by atoms with Crippen LogP contribution in [0.4, 0.5) is 18.9 Å². The summed E-state index contributed by atoms with van der Waals surface area (Å²) in [5, 5.41) is 3.43. The monoisotopic (exact) mass is 457 g/mol. The molecule has 3 nitrogen and oxygen atoms in total. The summed E-state index contributed by atoms with van der Waals surface area (Å²) in [6.07, 6.45) is -3.87. The first-order valence-corrected chi connectivity index (χ1v) is 11.0. The van der Waals surface area contributed by atoms with Crippen LogP contribution in [-0.4, -0.2) is 13.0 Å². The number of halogens is 3. The topological polar surface area (TPSA) is 30.5 Å². The third-order valence-electron chi connectivity index (χ3n) is 5.16. The molecule has 3 aromatic carbocycles. The van der Waals surface area contributed by atoms with Crippen molar-refractivity contribution < 1.29 is 22.6 Å². The van der Waals surface area contributed by atoms with Gasteiger partial charge in [0.1, 0.15) is 11.5 Å². The predicted octanol–water partition coefficient (Wildman–Crippen LogP) is 7.95. The number of nitrogens with one attached hydrogen (secondary N) is 1. The maximum Gasteiger partial charge on any atom is 0.573 e. The van der Waals surface area contributed by atoms with Crippen molar-refractivity contribution in [2.75, 3.05) is 11.9 Å². The summed E-state index contributed by atoms with van der Waals surface area (Å²) in [7, 11) is 0. The molecular weight excluding hydrogens is 427 g/mol. The summed E-state index contributed by atoms with van der Waals surface area (Å²) in [5.41, 5.74) is 4.98. The molecule has 0 saturated carbocycles. The largest absolute Gasteiger partial charge is 0.573 e. The van der Waals surface area contributed by atoms with Gasteiger partial charge in [-0.15, -0.1) is 13.2 Å². The molecule has 0 atom stereocenters. The van der Waals surface area contributed by atoms with Crippen molar-refractivity contribution in [3.8, 4) is 22.6 Å².